The number of fused-ring (bicyclic) bond motifs is 1. The summed E-state index contributed by atoms with van der Waals surface area (Å²) < 4.78 is 0. The molecular weight excluding hydrogens is 314 g/mol. The van der Waals surface area contributed by atoms with Crippen molar-refractivity contribution in [1.29, 1.82) is 0 Å². The van der Waals surface area contributed by atoms with Crippen LogP contribution >= 0.6 is 11.8 Å². The van der Waals surface area contributed by atoms with E-state index in [0.717, 1.165) is 25.0 Å². The molecule has 0 saturated carbocycles. The van der Waals surface area contributed by atoms with Gasteiger partial charge in [-0.1, -0.05) is 55.5 Å². The highest BCUT2D eigenvalue weighted by Gasteiger charge is 2.35. The first-order valence-corrected chi connectivity index (χ1v) is 9.84. The Morgan fingerprint density at radius 2 is 1.88 bits per heavy atom. The lowest BCUT2D eigenvalue weighted by molar-refractivity contribution is 0.161. The van der Waals surface area contributed by atoms with Gasteiger partial charge in [-0.3, -0.25) is 5.32 Å². The third-order valence-electron chi connectivity index (χ3n) is 5.03. The van der Waals surface area contributed by atoms with Gasteiger partial charge in [0.15, 0.2) is 0 Å². The molecule has 2 N–H and O–H groups in total. The predicted octanol–water partition coefficient (Wildman–Crippen LogP) is 4.78. The van der Waals surface area contributed by atoms with Crippen molar-refractivity contribution < 1.29 is 5.11 Å². The molecule has 3 heteroatoms. The van der Waals surface area contributed by atoms with Crippen molar-refractivity contribution in [3.05, 3.63) is 65.7 Å². The van der Waals surface area contributed by atoms with Gasteiger partial charge in [-0.15, -0.1) is 11.8 Å². The van der Waals surface area contributed by atoms with Crippen LogP contribution in [0.4, 0.5) is 0 Å². The lowest BCUT2D eigenvalue weighted by Gasteiger charge is -2.36. The molecule has 0 aliphatic carbocycles. The van der Waals surface area contributed by atoms with E-state index in [1.165, 1.54) is 16.0 Å². The minimum absolute atomic E-state index is 0.0428. The van der Waals surface area contributed by atoms with Gasteiger partial charge in [0.1, 0.15) is 0 Å². The van der Waals surface area contributed by atoms with E-state index in [1.807, 2.05) is 18.7 Å². The van der Waals surface area contributed by atoms with Crippen LogP contribution in [0.1, 0.15) is 50.3 Å². The molecule has 2 aromatic rings. The lowest BCUT2D eigenvalue weighted by atomic mass is 9.87. The topological polar surface area (TPSA) is 32.3 Å². The van der Waals surface area contributed by atoms with Crippen LogP contribution in [0.2, 0.25) is 0 Å². The highest BCUT2D eigenvalue weighted by atomic mass is 32.2. The van der Waals surface area contributed by atoms with Gasteiger partial charge in [0, 0.05) is 16.2 Å². The third kappa shape index (κ3) is 3.85. The number of rotatable bonds is 5. The minimum atomic E-state index is -0.249. The maximum absolute atomic E-state index is 9.79. The fraction of sp³-hybridized carbons (Fsp3) is 0.429. The number of aliphatic hydroxyl groups excluding tert-OH is 1. The molecule has 0 amide bonds. The molecule has 2 aromatic carbocycles. The molecule has 0 spiro atoms. The number of hydrogen-bond acceptors (Lipinski definition) is 3. The van der Waals surface area contributed by atoms with E-state index in [9.17, 15) is 5.11 Å². The second-order valence-electron chi connectivity index (χ2n) is 6.84. The fourth-order valence-electron chi connectivity index (χ4n) is 3.41. The van der Waals surface area contributed by atoms with Gasteiger partial charge < -0.3 is 5.11 Å². The first-order valence-electron chi connectivity index (χ1n) is 8.86. The predicted molar refractivity (Wildman–Crippen MR) is 103 cm³/mol. The molecule has 24 heavy (non-hydrogen) atoms. The average Bonchev–Trinajstić information content (AvgIpc) is 2.79. The molecule has 0 saturated heterocycles. The summed E-state index contributed by atoms with van der Waals surface area (Å²) in [5, 5.41) is 13.8. The Balaban J connectivity index is 1.99. The van der Waals surface area contributed by atoms with Crippen molar-refractivity contribution in [2.24, 2.45) is 0 Å². The molecule has 0 fully saturated rings. The van der Waals surface area contributed by atoms with Crippen LogP contribution < -0.4 is 5.32 Å². The summed E-state index contributed by atoms with van der Waals surface area (Å²) in [6, 6.07) is 19.6. The van der Waals surface area contributed by atoms with Gasteiger partial charge in [-0.2, -0.15) is 0 Å². The molecule has 3 atom stereocenters. The zero-order chi connectivity index (χ0) is 17.0. The van der Waals surface area contributed by atoms with E-state index in [-0.39, 0.29) is 17.7 Å². The van der Waals surface area contributed by atoms with E-state index < -0.39 is 0 Å². The second kappa shape index (κ2) is 7.73. The van der Waals surface area contributed by atoms with E-state index in [1.54, 1.807) is 0 Å². The highest BCUT2D eigenvalue weighted by Crippen LogP contribution is 2.40. The van der Waals surface area contributed by atoms with Crippen molar-refractivity contribution in [2.45, 2.75) is 55.7 Å². The highest BCUT2D eigenvalue weighted by molar-refractivity contribution is 7.99. The number of thioether (sulfide) groups is 1. The van der Waals surface area contributed by atoms with Crippen LogP contribution in [0.3, 0.4) is 0 Å². The molecule has 1 heterocycles. The van der Waals surface area contributed by atoms with Crippen molar-refractivity contribution in [3.63, 3.8) is 0 Å². The lowest BCUT2D eigenvalue weighted by Crippen LogP contribution is -2.48. The summed E-state index contributed by atoms with van der Waals surface area (Å²) in [4.78, 5) is 1.37. The van der Waals surface area contributed by atoms with Gasteiger partial charge in [-0.25, -0.2) is 0 Å². The van der Waals surface area contributed by atoms with Crippen molar-refractivity contribution in [3.8, 4) is 0 Å². The molecular formula is C21H27NOS. The minimum Gasteiger partial charge on any atom is -0.393 e. The zero-order valence-corrected chi connectivity index (χ0v) is 15.4. The van der Waals surface area contributed by atoms with E-state index in [4.69, 9.17) is 0 Å². The molecule has 0 bridgehead atoms. The molecule has 1 unspecified atom stereocenters. The Hall–Kier alpha value is -1.29. The van der Waals surface area contributed by atoms with Crippen molar-refractivity contribution >= 4 is 11.8 Å². The summed E-state index contributed by atoms with van der Waals surface area (Å²) in [7, 11) is 0. The van der Waals surface area contributed by atoms with Gasteiger partial charge in [0.25, 0.3) is 0 Å². The van der Waals surface area contributed by atoms with Crippen LogP contribution in [0.5, 0.6) is 0 Å². The Morgan fingerprint density at radius 3 is 2.58 bits per heavy atom. The van der Waals surface area contributed by atoms with Crippen LogP contribution in [-0.4, -0.2) is 22.5 Å². The Labute approximate surface area is 149 Å². The van der Waals surface area contributed by atoms with E-state index in [0.29, 0.717) is 0 Å². The normalized spacial score (nSPS) is 24.9. The average molecular weight is 342 g/mol. The summed E-state index contributed by atoms with van der Waals surface area (Å²) in [6.45, 7) is 4.14. The standard InChI is InChI=1S/C21H27NOS/c1-3-21(14-13-16(2)23)15-24-19-12-8-7-11-18(19)20(22-21)17-9-5-4-6-10-17/h4-12,16,20,22-23H,3,13-15H2,1-2H3/t16?,20-,21-/m0/s1. The van der Waals surface area contributed by atoms with Gasteiger partial charge in [-0.05, 0) is 43.4 Å². The quantitative estimate of drug-likeness (QED) is 0.821. The molecule has 3 rings (SSSR count). The Morgan fingerprint density at radius 1 is 1.17 bits per heavy atom. The Bertz CT molecular complexity index is 658. The van der Waals surface area contributed by atoms with Crippen LogP contribution in [0, 0.1) is 0 Å². The van der Waals surface area contributed by atoms with E-state index >= 15 is 0 Å². The monoisotopic (exact) mass is 341 g/mol. The maximum Gasteiger partial charge on any atom is 0.0592 e. The first kappa shape index (κ1) is 17.5. The zero-order valence-electron chi connectivity index (χ0n) is 14.5. The van der Waals surface area contributed by atoms with Crippen molar-refractivity contribution in [1.82, 2.24) is 5.32 Å². The van der Waals surface area contributed by atoms with E-state index in [2.05, 4.69) is 66.8 Å². The van der Waals surface area contributed by atoms with Crippen LogP contribution in [-0.2, 0) is 0 Å². The van der Waals surface area contributed by atoms with Gasteiger partial charge in [0.2, 0.25) is 0 Å². The second-order valence-corrected chi connectivity index (χ2v) is 7.85. The summed E-state index contributed by atoms with van der Waals surface area (Å²) in [6.07, 6.45) is 2.63. The Kier molecular flexibility index (Phi) is 5.65. The summed E-state index contributed by atoms with van der Waals surface area (Å²) in [5.41, 5.74) is 2.71. The third-order valence-corrected chi connectivity index (χ3v) is 6.41. The largest absolute Gasteiger partial charge is 0.393 e. The fourth-order valence-corrected chi connectivity index (χ4v) is 4.80. The first-order chi connectivity index (χ1) is 11.6. The number of nitrogens with one attached hydrogen (secondary N) is 1. The molecule has 0 radical (unpaired) electrons. The number of aliphatic hydroxyl groups is 1. The van der Waals surface area contributed by atoms with Gasteiger partial charge >= 0.3 is 0 Å². The van der Waals surface area contributed by atoms with Gasteiger partial charge in [0.05, 0.1) is 12.1 Å². The molecule has 128 valence electrons. The summed E-state index contributed by atoms with van der Waals surface area (Å²) >= 11 is 1.95. The van der Waals surface area contributed by atoms with Crippen molar-refractivity contribution in [2.75, 3.05) is 5.75 Å². The number of hydrogen-bond donors (Lipinski definition) is 2. The smallest absolute Gasteiger partial charge is 0.0592 e. The molecule has 2 nitrogen and oxygen atoms in total. The maximum atomic E-state index is 9.79. The van der Waals surface area contributed by atoms with Crippen LogP contribution in [0.15, 0.2) is 59.5 Å². The molecule has 1 aliphatic heterocycles. The SMILES string of the molecule is CC[C@]1(CCC(C)O)CSc2ccccc2[C@H](c2ccccc2)N1. The molecule has 0 aromatic heterocycles. The number of benzene rings is 2. The molecule has 1 aliphatic rings. The summed E-state index contributed by atoms with van der Waals surface area (Å²) in [5.74, 6) is 1.04. The van der Waals surface area contributed by atoms with Crippen LogP contribution in [0.25, 0.3) is 0 Å².